The SMILES string of the molecule is CCOC1(OCC)N=C(N)[C@@]2(C#N)[C@H](c3ccccc3F)[C@]12C#N. The van der Waals surface area contributed by atoms with Crippen LogP contribution in [0.3, 0.4) is 0 Å². The number of benzene rings is 1. The van der Waals surface area contributed by atoms with Crippen molar-refractivity contribution in [2.45, 2.75) is 25.7 Å². The summed E-state index contributed by atoms with van der Waals surface area (Å²) in [7, 11) is 0. The molecule has 0 saturated heterocycles. The van der Waals surface area contributed by atoms with E-state index in [4.69, 9.17) is 15.2 Å². The second kappa shape index (κ2) is 5.27. The topological polar surface area (TPSA) is 104 Å². The van der Waals surface area contributed by atoms with Crippen LogP contribution < -0.4 is 5.73 Å². The molecule has 0 radical (unpaired) electrons. The Labute approximate surface area is 139 Å². The third-order valence-corrected chi connectivity index (χ3v) is 4.82. The summed E-state index contributed by atoms with van der Waals surface area (Å²) >= 11 is 0. The number of nitrogens with zero attached hydrogens (tertiary/aromatic N) is 3. The highest BCUT2D eigenvalue weighted by Gasteiger charge is 2.94. The Hall–Kier alpha value is -2.48. The zero-order chi connectivity index (χ0) is 17.6. The molecule has 2 aliphatic rings. The van der Waals surface area contributed by atoms with Crippen molar-refractivity contribution in [3.05, 3.63) is 35.6 Å². The molecule has 1 fully saturated rings. The summed E-state index contributed by atoms with van der Waals surface area (Å²) in [6.45, 7) is 3.85. The van der Waals surface area contributed by atoms with Gasteiger partial charge in [-0.1, -0.05) is 18.2 Å². The Bertz CT molecular complexity index is 791. The van der Waals surface area contributed by atoms with E-state index in [-0.39, 0.29) is 24.6 Å². The standard InChI is InChI=1S/C17H17FN4O2/c1-3-23-17(24-4-2)16(10-20)13(11-7-5-6-8-12(11)18)15(16,9-19)14(21)22-17/h5-8,13H,3-4H2,1-2H3,(H2,21,22)/t13-,15+,16-/m0/s1. The van der Waals surface area contributed by atoms with Gasteiger partial charge < -0.3 is 15.2 Å². The molecule has 1 aromatic rings. The second-order valence-electron chi connectivity index (χ2n) is 5.74. The van der Waals surface area contributed by atoms with Crippen molar-refractivity contribution in [1.82, 2.24) is 0 Å². The Morgan fingerprint density at radius 2 is 1.83 bits per heavy atom. The summed E-state index contributed by atoms with van der Waals surface area (Å²) in [5.74, 6) is -3.08. The lowest BCUT2D eigenvalue weighted by Crippen LogP contribution is -2.43. The highest BCUT2D eigenvalue weighted by Crippen LogP contribution is 2.82. The molecule has 3 atom stereocenters. The van der Waals surface area contributed by atoms with Gasteiger partial charge >= 0.3 is 0 Å². The van der Waals surface area contributed by atoms with Crippen molar-refractivity contribution in [3.8, 4) is 12.1 Å². The number of hydrogen-bond donors (Lipinski definition) is 1. The zero-order valence-corrected chi connectivity index (χ0v) is 13.4. The van der Waals surface area contributed by atoms with Gasteiger partial charge in [-0.3, -0.25) is 0 Å². The highest BCUT2D eigenvalue weighted by molar-refractivity contribution is 6.00. The van der Waals surface area contributed by atoms with E-state index in [9.17, 15) is 14.9 Å². The predicted molar refractivity (Wildman–Crippen MR) is 82.8 cm³/mol. The van der Waals surface area contributed by atoms with E-state index >= 15 is 0 Å². The fourth-order valence-electron chi connectivity index (χ4n) is 3.93. The normalized spacial score (nSPS) is 32.4. The maximum atomic E-state index is 14.4. The van der Waals surface area contributed by atoms with E-state index in [0.29, 0.717) is 0 Å². The molecule has 0 unspecified atom stereocenters. The van der Waals surface area contributed by atoms with Crippen molar-refractivity contribution >= 4 is 5.84 Å². The molecule has 1 heterocycles. The van der Waals surface area contributed by atoms with Gasteiger partial charge in [-0.25, -0.2) is 9.38 Å². The predicted octanol–water partition coefficient (Wildman–Crippen LogP) is 2.04. The molecule has 1 aromatic carbocycles. The molecule has 6 nitrogen and oxygen atoms in total. The number of fused-ring (bicyclic) bond motifs is 1. The maximum Gasteiger partial charge on any atom is 0.293 e. The van der Waals surface area contributed by atoms with Crippen LogP contribution in [-0.2, 0) is 9.47 Å². The number of ether oxygens (including phenoxy) is 2. The monoisotopic (exact) mass is 328 g/mol. The van der Waals surface area contributed by atoms with Crippen molar-refractivity contribution in [1.29, 1.82) is 10.5 Å². The largest absolute Gasteiger partial charge is 0.386 e. The van der Waals surface area contributed by atoms with Crippen LogP contribution in [0.1, 0.15) is 25.3 Å². The smallest absolute Gasteiger partial charge is 0.293 e. The molecule has 0 spiro atoms. The van der Waals surface area contributed by atoms with Gasteiger partial charge in [0, 0.05) is 19.1 Å². The number of nitrogens with two attached hydrogens (primary N) is 1. The number of aliphatic imine (C=N–C) groups is 1. The van der Waals surface area contributed by atoms with Crippen molar-refractivity contribution < 1.29 is 13.9 Å². The third-order valence-electron chi connectivity index (χ3n) is 4.82. The van der Waals surface area contributed by atoms with E-state index in [1.165, 1.54) is 6.07 Å². The number of amidine groups is 1. The number of rotatable bonds is 5. The molecular formula is C17H17FN4O2. The van der Waals surface area contributed by atoms with Crippen LogP contribution in [0.4, 0.5) is 4.39 Å². The minimum absolute atomic E-state index is 0.0540. The first-order valence-electron chi connectivity index (χ1n) is 7.72. The molecule has 7 heteroatoms. The molecule has 1 saturated carbocycles. The number of nitriles is 2. The lowest BCUT2D eigenvalue weighted by Gasteiger charge is -2.31. The first-order valence-corrected chi connectivity index (χ1v) is 7.72. The van der Waals surface area contributed by atoms with E-state index in [1.807, 2.05) is 0 Å². The Morgan fingerprint density at radius 1 is 1.21 bits per heavy atom. The van der Waals surface area contributed by atoms with Crippen LogP contribution in [0.5, 0.6) is 0 Å². The number of halogens is 1. The Morgan fingerprint density at radius 3 is 2.33 bits per heavy atom. The summed E-state index contributed by atoms with van der Waals surface area (Å²) in [6.07, 6.45) is 0. The maximum absolute atomic E-state index is 14.4. The lowest BCUT2D eigenvalue weighted by molar-refractivity contribution is -0.255. The first kappa shape index (κ1) is 16.4. The fraction of sp³-hybridized carbons (Fsp3) is 0.471. The summed E-state index contributed by atoms with van der Waals surface area (Å²) in [6, 6.07) is 10.3. The van der Waals surface area contributed by atoms with Crippen LogP contribution in [0, 0.1) is 39.3 Å². The van der Waals surface area contributed by atoms with Gasteiger partial charge in [0.1, 0.15) is 17.1 Å². The minimum Gasteiger partial charge on any atom is -0.386 e. The van der Waals surface area contributed by atoms with Crippen molar-refractivity contribution in [3.63, 3.8) is 0 Å². The molecule has 3 rings (SSSR count). The van der Waals surface area contributed by atoms with Crippen LogP contribution in [0.25, 0.3) is 0 Å². The molecular weight excluding hydrogens is 311 g/mol. The summed E-state index contributed by atoms with van der Waals surface area (Å²) in [5, 5.41) is 19.8. The van der Waals surface area contributed by atoms with Crippen LogP contribution in [0.2, 0.25) is 0 Å². The molecule has 1 aliphatic heterocycles. The number of hydrogen-bond acceptors (Lipinski definition) is 6. The van der Waals surface area contributed by atoms with E-state index in [1.54, 1.807) is 32.0 Å². The fourth-order valence-corrected chi connectivity index (χ4v) is 3.93. The molecule has 0 aromatic heterocycles. The van der Waals surface area contributed by atoms with E-state index in [2.05, 4.69) is 17.1 Å². The minimum atomic E-state index is -1.71. The van der Waals surface area contributed by atoms with Gasteiger partial charge in [0.25, 0.3) is 5.91 Å². The van der Waals surface area contributed by atoms with Gasteiger partial charge in [0.15, 0.2) is 5.41 Å². The Kier molecular flexibility index (Phi) is 3.60. The van der Waals surface area contributed by atoms with Crippen LogP contribution >= 0.6 is 0 Å². The van der Waals surface area contributed by atoms with Gasteiger partial charge in [-0.15, -0.1) is 0 Å². The van der Waals surface area contributed by atoms with E-state index in [0.717, 1.165) is 0 Å². The molecule has 0 amide bonds. The average Bonchev–Trinajstić information content (AvgIpc) is 3.14. The van der Waals surface area contributed by atoms with Gasteiger partial charge in [0.05, 0.1) is 12.1 Å². The molecule has 0 bridgehead atoms. The molecule has 124 valence electrons. The molecule has 1 aliphatic carbocycles. The van der Waals surface area contributed by atoms with Gasteiger partial charge in [-0.05, 0) is 25.5 Å². The Balaban J connectivity index is 2.25. The molecule has 24 heavy (non-hydrogen) atoms. The van der Waals surface area contributed by atoms with Gasteiger partial charge in [0.2, 0.25) is 0 Å². The molecule has 2 N–H and O–H groups in total. The lowest BCUT2D eigenvalue weighted by atomic mass is 9.93. The van der Waals surface area contributed by atoms with Crippen molar-refractivity contribution in [2.75, 3.05) is 13.2 Å². The average molecular weight is 328 g/mol. The summed E-state index contributed by atoms with van der Waals surface area (Å²) in [4.78, 5) is 4.20. The zero-order valence-electron chi connectivity index (χ0n) is 13.4. The quantitative estimate of drug-likeness (QED) is 0.833. The van der Waals surface area contributed by atoms with E-state index < -0.39 is 28.5 Å². The van der Waals surface area contributed by atoms with Gasteiger partial charge in [-0.2, -0.15) is 10.5 Å². The highest BCUT2D eigenvalue weighted by atomic mass is 19.1. The summed E-state index contributed by atoms with van der Waals surface area (Å²) < 4.78 is 25.7. The van der Waals surface area contributed by atoms with Crippen LogP contribution in [-0.4, -0.2) is 25.0 Å². The summed E-state index contributed by atoms with van der Waals surface area (Å²) in [5.41, 5.74) is 3.29. The first-order chi connectivity index (χ1) is 11.5. The van der Waals surface area contributed by atoms with Crippen molar-refractivity contribution in [2.24, 2.45) is 21.6 Å². The second-order valence-corrected chi connectivity index (χ2v) is 5.74. The van der Waals surface area contributed by atoms with Crippen LogP contribution in [0.15, 0.2) is 29.3 Å². The third kappa shape index (κ3) is 1.56.